The Morgan fingerprint density at radius 1 is 1.14 bits per heavy atom. The second-order valence-electron chi connectivity index (χ2n) is 6.33. The molecular weight excluding hydrogens is 378 g/mol. The molecule has 0 unspecified atom stereocenters. The van der Waals surface area contributed by atoms with Gasteiger partial charge in [-0.2, -0.15) is 0 Å². The Balaban J connectivity index is 1.50. The Bertz CT molecular complexity index is 1230. The van der Waals surface area contributed by atoms with Crippen LogP contribution in [0.4, 0.5) is 5.69 Å². The number of aromatic amines is 1. The van der Waals surface area contributed by atoms with E-state index in [0.717, 1.165) is 16.3 Å². The fourth-order valence-corrected chi connectivity index (χ4v) is 3.25. The van der Waals surface area contributed by atoms with E-state index in [9.17, 15) is 9.90 Å². The molecule has 0 atom stereocenters. The van der Waals surface area contributed by atoms with Crippen LogP contribution in [0.3, 0.4) is 0 Å². The van der Waals surface area contributed by atoms with E-state index in [1.54, 1.807) is 12.1 Å². The van der Waals surface area contributed by atoms with Crippen molar-refractivity contribution in [3.05, 3.63) is 65.2 Å². The van der Waals surface area contributed by atoms with Crippen LogP contribution < -0.4 is 4.74 Å². The Morgan fingerprint density at radius 2 is 1.93 bits per heavy atom. The first kappa shape index (κ1) is 18.0. The summed E-state index contributed by atoms with van der Waals surface area (Å²) in [4.78, 5) is 14.9. The summed E-state index contributed by atoms with van der Waals surface area (Å²) in [7, 11) is 0. The normalized spacial score (nSPS) is 11.5. The van der Waals surface area contributed by atoms with Crippen molar-refractivity contribution in [3.63, 3.8) is 0 Å². The Kier molecular flexibility index (Phi) is 4.71. The molecule has 140 valence electrons. The van der Waals surface area contributed by atoms with Gasteiger partial charge in [0.1, 0.15) is 5.75 Å². The number of rotatable bonds is 4. The number of azo groups is 1. The third-order valence-electron chi connectivity index (χ3n) is 4.41. The quantitative estimate of drug-likeness (QED) is 0.437. The number of halogens is 1. The van der Waals surface area contributed by atoms with E-state index in [4.69, 9.17) is 16.3 Å². The number of carbonyl (C=O) groups excluding carboxylic acids is 1. The van der Waals surface area contributed by atoms with Gasteiger partial charge in [0, 0.05) is 0 Å². The average molecular weight is 394 g/mol. The van der Waals surface area contributed by atoms with Gasteiger partial charge in [0.05, 0.1) is 15.9 Å². The van der Waals surface area contributed by atoms with Crippen molar-refractivity contribution in [2.45, 2.75) is 6.92 Å². The number of amides is 1. The number of ether oxygens (including phenoxy) is 1. The third kappa shape index (κ3) is 3.42. The molecule has 4 aromatic rings. The molecule has 0 saturated heterocycles. The first-order chi connectivity index (χ1) is 13.5. The molecule has 0 fully saturated rings. The molecule has 0 aliphatic carbocycles. The highest BCUT2D eigenvalue weighted by Crippen LogP contribution is 2.40. The minimum absolute atomic E-state index is 0.128. The summed E-state index contributed by atoms with van der Waals surface area (Å²) >= 11 is 6.21. The van der Waals surface area contributed by atoms with Crippen LogP contribution in [0.1, 0.15) is 5.56 Å². The van der Waals surface area contributed by atoms with Crippen molar-refractivity contribution < 1.29 is 14.6 Å². The van der Waals surface area contributed by atoms with Gasteiger partial charge in [-0.25, -0.2) is 0 Å². The number of hydrogen-bond donors (Lipinski definition) is 2. The van der Waals surface area contributed by atoms with Gasteiger partial charge in [-0.15, -0.1) is 10.2 Å². The van der Waals surface area contributed by atoms with Gasteiger partial charge < -0.3 is 14.8 Å². The van der Waals surface area contributed by atoms with Crippen molar-refractivity contribution in [3.8, 4) is 11.6 Å². The van der Waals surface area contributed by atoms with Gasteiger partial charge in [0.25, 0.3) is 0 Å². The van der Waals surface area contributed by atoms with Crippen LogP contribution >= 0.6 is 11.6 Å². The molecule has 0 bridgehead atoms. The number of nitrogens with zero attached hydrogens (tertiary/aromatic N) is 2. The second-order valence-corrected chi connectivity index (χ2v) is 6.74. The van der Waals surface area contributed by atoms with Crippen LogP contribution in [-0.4, -0.2) is 22.6 Å². The average Bonchev–Trinajstić information content (AvgIpc) is 3.05. The van der Waals surface area contributed by atoms with Gasteiger partial charge >= 0.3 is 5.91 Å². The lowest BCUT2D eigenvalue weighted by Gasteiger charge is -2.04. The number of H-pyrrole nitrogens is 1. The molecule has 28 heavy (non-hydrogen) atoms. The van der Waals surface area contributed by atoms with Crippen LogP contribution in [0.5, 0.6) is 11.6 Å². The maximum Gasteiger partial charge on any atom is 0.302 e. The van der Waals surface area contributed by atoms with Crippen LogP contribution in [0, 0.1) is 6.92 Å². The summed E-state index contributed by atoms with van der Waals surface area (Å²) < 4.78 is 5.51. The van der Waals surface area contributed by atoms with Crippen LogP contribution in [-0.2, 0) is 4.79 Å². The number of aromatic nitrogens is 1. The highest BCUT2D eigenvalue weighted by molar-refractivity contribution is 6.36. The number of carbonyl (C=O) groups is 1. The predicted molar refractivity (Wildman–Crippen MR) is 109 cm³/mol. The maximum atomic E-state index is 12.1. The largest absolute Gasteiger partial charge is 0.493 e. The van der Waals surface area contributed by atoms with Crippen molar-refractivity contribution in [1.82, 2.24) is 4.98 Å². The summed E-state index contributed by atoms with van der Waals surface area (Å²) in [6.45, 7) is 1.61. The molecule has 4 rings (SSSR count). The standard InChI is InChI=1S/C21H16ClN3O3/c1-12-6-9-16(22)18-19(12)23-21(27)20(18)25-24-17(26)11-28-15-8-7-13-4-2-3-5-14(13)10-15/h2-10,23,27H,11H2,1H3. The third-order valence-corrected chi connectivity index (χ3v) is 4.73. The number of benzene rings is 3. The predicted octanol–water partition coefficient (Wildman–Crippen LogP) is 5.68. The zero-order chi connectivity index (χ0) is 19.7. The molecule has 0 aliphatic rings. The number of fused-ring (bicyclic) bond motifs is 2. The Labute approximate surface area is 165 Å². The zero-order valence-electron chi connectivity index (χ0n) is 14.9. The van der Waals surface area contributed by atoms with E-state index < -0.39 is 5.91 Å². The summed E-state index contributed by atoms with van der Waals surface area (Å²) in [6, 6.07) is 17.0. The Morgan fingerprint density at radius 3 is 2.75 bits per heavy atom. The number of aromatic hydroxyl groups is 1. The molecule has 0 radical (unpaired) electrons. The molecule has 0 aliphatic heterocycles. The van der Waals surface area contributed by atoms with E-state index in [2.05, 4.69) is 15.2 Å². The highest BCUT2D eigenvalue weighted by Gasteiger charge is 2.15. The van der Waals surface area contributed by atoms with Crippen molar-refractivity contribution in [1.29, 1.82) is 0 Å². The molecule has 7 heteroatoms. The molecular formula is C21H16ClN3O3. The number of hydrogen-bond acceptors (Lipinski definition) is 4. The van der Waals surface area contributed by atoms with E-state index in [1.807, 2.05) is 49.4 Å². The maximum absolute atomic E-state index is 12.1. The van der Waals surface area contributed by atoms with E-state index >= 15 is 0 Å². The first-order valence-electron chi connectivity index (χ1n) is 8.59. The van der Waals surface area contributed by atoms with E-state index in [1.165, 1.54) is 0 Å². The van der Waals surface area contributed by atoms with Gasteiger partial charge in [0.2, 0.25) is 5.88 Å². The summed E-state index contributed by atoms with van der Waals surface area (Å²) in [6.07, 6.45) is 0. The zero-order valence-corrected chi connectivity index (χ0v) is 15.7. The monoisotopic (exact) mass is 393 g/mol. The molecule has 3 aromatic carbocycles. The molecule has 6 nitrogen and oxygen atoms in total. The topological polar surface area (TPSA) is 87.0 Å². The van der Waals surface area contributed by atoms with Crippen molar-refractivity contribution >= 4 is 44.9 Å². The van der Waals surface area contributed by atoms with Gasteiger partial charge in [-0.05, 0) is 41.5 Å². The summed E-state index contributed by atoms with van der Waals surface area (Å²) in [5.74, 6) is -0.209. The SMILES string of the molecule is Cc1ccc(Cl)c2c(N=NC(=O)COc3ccc4ccccc4c3)c(O)[nH]c12. The van der Waals surface area contributed by atoms with E-state index in [-0.39, 0.29) is 18.2 Å². The lowest BCUT2D eigenvalue weighted by molar-refractivity contribution is -0.120. The smallest absolute Gasteiger partial charge is 0.302 e. The first-order valence-corrected chi connectivity index (χ1v) is 8.96. The fourth-order valence-electron chi connectivity index (χ4n) is 3.00. The van der Waals surface area contributed by atoms with Crippen LogP contribution in [0.2, 0.25) is 5.02 Å². The van der Waals surface area contributed by atoms with Crippen LogP contribution in [0.15, 0.2) is 64.8 Å². The van der Waals surface area contributed by atoms with Crippen molar-refractivity contribution in [2.24, 2.45) is 10.2 Å². The molecule has 2 N–H and O–H groups in total. The molecule has 0 saturated carbocycles. The highest BCUT2D eigenvalue weighted by atomic mass is 35.5. The molecule has 1 heterocycles. The van der Waals surface area contributed by atoms with E-state index in [0.29, 0.717) is 21.7 Å². The summed E-state index contributed by atoms with van der Waals surface area (Å²) in [5, 5.41) is 20.7. The number of aryl methyl sites for hydroxylation is 1. The lowest BCUT2D eigenvalue weighted by Crippen LogP contribution is -2.07. The Hall–Kier alpha value is -3.38. The minimum atomic E-state index is -0.578. The summed E-state index contributed by atoms with van der Waals surface area (Å²) in [5.41, 5.74) is 1.67. The van der Waals surface area contributed by atoms with Crippen molar-refractivity contribution in [2.75, 3.05) is 6.61 Å². The van der Waals surface area contributed by atoms with Gasteiger partial charge in [-0.3, -0.25) is 4.79 Å². The minimum Gasteiger partial charge on any atom is -0.493 e. The lowest BCUT2D eigenvalue weighted by atomic mass is 10.1. The van der Waals surface area contributed by atoms with Crippen LogP contribution in [0.25, 0.3) is 21.7 Å². The fraction of sp³-hybridized carbons (Fsp3) is 0.0952. The second kappa shape index (κ2) is 7.32. The molecule has 1 aromatic heterocycles. The number of nitrogens with one attached hydrogen (secondary N) is 1. The molecule has 1 amide bonds. The van der Waals surface area contributed by atoms with Gasteiger partial charge in [0.15, 0.2) is 12.3 Å². The molecule has 0 spiro atoms. The van der Waals surface area contributed by atoms with Gasteiger partial charge in [-0.1, -0.05) is 48.0 Å².